The average Bonchev–Trinajstić information content (AvgIpc) is 2.80. The molecule has 0 aromatic heterocycles. The topological polar surface area (TPSA) is 35.5 Å². The third-order valence-electron chi connectivity index (χ3n) is 2.64. The lowest BCUT2D eigenvalue weighted by Gasteiger charge is -2.13. The molecule has 1 heterocycles. The zero-order chi connectivity index (χ0) is 12.3. The van der Waals surface area contributed by atoms with Gasteiger partial charge in [0.05, 0.1) is 22.2 Å². The van der Waals surface area contributed by atoms with Gasteiger partial charge in [0.2, 0.25) is 0 Å². The van der Waals surface area contributed by atoms with Gasteiger partial charge in [-0.25, -0.2) is 0 Å². The Hall–Kier alpha value is -0.390. The molecule has 1 aromatic carbocycles. The molecule has 0 aliphatic carbocycles. The van der Waals surface area contributed by atoms with E-state index >= 15 is 0 Å². The van der Waals surface area contributed by atoms with Crippen LogP contribution in [0.4, 0.5) is 0 Å². The molecule has 2 rings (SSSR count). The number of ether oxygens (including phenoxy) is 2. The molecule has 0 amide bonds. The fourth-order valence-electron chi connectivity index (χ4n) is 1.70. The van der Waals surface area contributed by atoms with Crippen LogP contribution in [-0.2, 0) is 4.74 Å². The van der Waals surface area contributed by atoms with E-state index in [-0.39, 0.29) is 0 Å². The molecule has 1 fully saturated rings. The first-order valence-electron chi connectivity index (χ1n) is 5.35. The number of aldehydes is 1. The standard InChI is InChI=1S/C12H12Br2O3/c13-10-3-9(5-15)4-11(14)12(10)17-7-8-1-2-16-6-8/h3-5,8H,1-2,6-7H2. The van der Waals surface area contributed by atoms with Crippen LogP contribution in [0.3, 0.4) is 0 Å². The maximum atomic E-state index is 10.7. The van der Waals surface area contributed by atoms with E-state index in [1.165, 1.54) is 0 Å². The summed E-state index contributed by atoms with van der Waals surface area (Å²) in [5.41, 5.74) is 0.611. The highest BCUT2D eigenvalue weighted by atomic mass is 79.9. The molecule has 1 aliphatic heterocycles. The summed E-state index contributed by atoms with van der Waals surface area (Å²) in [6.07, 6.45) is 1.85. The quantitative estimate of drug-likeness (QED) is 0.768. The van der Waals surface area contributed by atoms with Crippen molar-refractivity contribution < 1.29 is 14.3 Å². The highest BCUT2D eigenvalue weighted by Crippen LogP contribution is 2.35. The predicted octanol–water partition coefficient (Wildman–Crippen LogP) is 3.44. The number of carbonyl (C=O) groups is 1. The molecule has 92 valence electrons. The second kappa shape index (κ2) is 5.98. The van der Waals surface area contributed by atoms with Gasteiger partial charge < -0.3 is 9.47 Å². The summed E-state index contributed by atoms with van der Waals surface area (Å²) in [4.78, 5) is 10.7. The van der Waals surface area contributed by atoms with E-state index in [1.807, 2.05) is 0 Å². The third kappa shape index (κ3) is 3.30. The molecule has 1 unspecified atom stereocenters. The molecule has 5 heteroatoms. The molecule has 0 saturated carbocycles. The first-order chi connectivity index (χ1) is 8.20. The van der Waals surface area contributed by atoms with Crippen molar-refractivity contribution in [2.45, 2.75) is 6.42 Å². The van der Waals surface area contributed by atoms with Gasteiger partial charge in [0.1, 0.15) is 12.0 Å². The second-order valence-electron chi connectivity index (χ2n) is 3.97. The Balaban J connectivity index is 2.06. The highest BCUT2D eigenvalue weighted by molar-refractivity contribution is 9.11. The van der Waals surface area contributed by atoms with Crippen LogP contribution in [0.15, 0.2) is 21.1 Å². The van der Waals surface area contributed by atoms with Crippen LogP contribution < -0.4 is 4.74 Å². The number of halogens is 2. The molecule has 0 spiro atoms. The smallest absolute Gasteiger partial charge is 0.150 e. The van der Waals surface area contributed by atoms with Crippen molar-refractivity contribution in [3.05, 3.63) is 26.6 Å². The molecule has 3 nitrogen and oxygen atoms in total. The fourth-order valence-corrected chi connectivity index (χ4v) is 3.15. The summed E-state index contributed by atoms with van der Waals surface area (Å²) in [5.74, 6) is 1.20. The molecule has 1 aliphatic rings. The first kappa shape index (κ1) is 13.1. The zero-order valence-electron chi connectivity index (χ0n) is 9.12. The molecule has 1 saturated heterocycles. The van der Waals surface area contributed by atoms with Crippen molar-refractivity contribution in [1.29, 1.82) is 0 Å². The zero-order valence-corrected chi connectivity index (χ0v) is 12.3. The van der Waals surface area contributed by atoms with Gasteiger partial charge in [-0.1, -0.05) is 0 Å². The van der Waals surface area contributed by atoms with E-state index in [4.69, 9.17) is 9.47 Å². The number of hydrogen-bond acceptors (Lipinski definition) is 3. The minimum absolute atomic E-state index is 0.458. The summed E-state index contributed by atoms with van der Waals surface area (Å²) in [5, 5.41) is 0. The van der Waals surface area contributed by atoms with E-state index in [0.29, 0.717) is 18.1 Å². The van der Waals surface area contributed by atoms with Crippen molar-refractivity contribution in [2.75, 3.05) is 19.8 Å². The monoisotopic (exact) mass is 362 g/mol. The summed E-state index contributed by atoms with van der Waals surface area (Å²) in [6.45, 7) is 2.22. The van der Waals surface area contributed by atoms with Gasteiger partial charge in [0.25, 0.3) is 0 Å². The van der Waals surface area contributed by atoms with Crippen LogP contribution in [-0.4, -0.2) is 26.1 Å². The van der Waals surface area contributed by atoms with Gasteiger partial charge in [-0.15, -0.1) is 0 Å². The molecular weight excluding hydrogens is 352 g/mol. The maximum absolute atomic E-state index is 10.7. The van der Waals surface area contributed by atoms with Crippen LogP contribution in [0.2, 0.25) is 0 Å². The van der Waals surface area contributed by atoms with Crippen LogP contribution in [0.25, 0.3) is 0 Å². The summed E-state index contributed by atoms with van der Waals surface area (Å²) in [7, 11) is 0. The molecular formula is C12H12Br2O3. The molecule has 0 N–H and O–H groups in total. The third-order valence-corrected chi connectivity index (χ3v) is 3.82. The van der Waals surface area contributed by atoms with Crippen molar-refractivity contribution in [3.8, 4) is 5.75 Å². The number of hydrogen-bond donors (Lipinski definition) is 0. The van der Waals surface area contributed by atoms with Gasteiger partial charge in [-0.05, 0) is 50.4 Å². The highest BCUT2D eigenvalue weighted by Gasteiger charge is 2.17. The van der Waals surface area contributed by atoms with Crippen LogP contribution in [0.5, 0.6) is 5.75 Å². The Morgan fingerprint density at radius 3 is 2.65 bits per heavy atom. The lowest BCUT2D eigenvalue weighted by Crippen LogP contribution is -2.12. The minimum Gasteiger partial charge on any atom is -0.491 e. The Kier molecular flexibility index (Phi) is 4.59. The number of benzene rings is 1. The van der Waals surface area contributed by atoms with Crippen LogP contribution in [0, 0.1) is 5.92 Å². The number of rotatable bonds is 4. The Bertz CT molecular complexity index is 391. The Morgan fingerprint density at radius 2 is 2.12 bits per heavy atom. The molecule has 1 aromatic rings. The van der Waals surface area contributed by atoms with Crippen molar-refractivity contribution in [1.82, 2.24) is 0 Å². The van der Waals surface area contributed by atoms with Gasteiger partial charge in [0.15, 0.2) is 0 Å². The largest absolute Gasteiger partial charge is 0.491 e. The van der Waals surface area contributed by atoms with E-state index in [2.05, 4.69) is 31.9 Å². The second-order valence-corrected chi connectivity index (χ2v) is 5.68. The first-order valence-corrected chi connectivity index (χ1v) is 6.94. The fraction of sp³-hybridized carbons (Fsp3) is 0.417. The summed E-state index contributed by atoms with van der Waals surface area (Å²) in [6, 6.07) is 3.50. The van der Waals surface area contributed by atoms with E-state index in [0.717, 1.165) is 40.6 Å². The number of carbonyl (C=O) groups excluding carboxylic acids is 1. The van der Waals surface area contributed by atoms with Crippen molar-refractivity contribution >= 4 is 38.1 Å². The van der Waals surface area contributed by atoms with Crippen molar-refractivity contribution in [2.24, 2.45) is 5.92 Å². The van der Waals surface area contributed by atoms with Gasteiger partial charge in [-0.3, -0.25) is 4.79 Å². The van der Waals surface area contributed by atoms with Crippen LogP contribution >= 0.6 is 31.9 Å². The normalized spacial score (nSPS) is 19.3. The van der Waals surface area contributed by atoms with Gasteiger partial charge in [-0.2, -0.15) is 0 Å². The van der Waals surface area contributed by atoms with Crippen molar-refractivity contribution in [3.63, 3.8) is 0 Å². The van der Waals surface area contributed by atoms with Gasteiger partial charge in [0, 0.05) is 18.1 Å². The maximum Gasteiger partial charge on any atom is 0.150 e. The van der Waals surface area contributed by atoms with Gasteiger partial charge >= 0.3 is 0 Å². The lowest BCUT2D eigenvalue weighted by atomic mass is 10.1. The van der Waals surface area contributed by atoms with Crippen LogP contribution in [0.1, 0.15) is 16.8 Å². The molecule has 0 bridgehead atoms. The average molecular weight is 364 g/mol. The summed E-state index contributed by atoms with van der Waals surface area (Å²) >= 11 is 6.81. The molecule has 1 atom stereocenters. The molecule has 17 heavy (non-hydrogen) atoms. The Labute approximate surface area is 117 Å². The summed E-state index contributed by atoms with van der Waals surface area (Å²) < 4.78 is 12.6. The van der Waals surface area contributed by atoms with E-state index in [9.17, 15) is 4.79 Å². The SMILES string of the molecule is O=Cc1cc(Br)c(OCC2CCOC2)c(Br)c1. The predicted molar refractivity (Wildman–Crippen MR) is 71.7 cm³/mol. The minimum atomic E-state index is 0.458. The van der Waals surface area contributed by atoms with E-state index in [1.54, 1.807) is 12.1 Å². The van der Waals surface area contributed by atoms with E-state index < -0.39 is 0 Å². The lowest BCUT2D eigenvalue weighted by molar-refractivity contribution is 0.112. The molecule has 0 radical (unpaired) electrons. The Morgan fingerprint density at radius 1 is 1.41 bits per heavy atom.